The van der Waals surface area contributed by atoms with Gasteiger partial charge in [-0.05, 0) is 83.5 Å². The monoisotopic (exact) mass is 1120 g/mol. The number of quaternary nitrogens is 1. The summed E-state index contributed by atoms with van der Waals surface area (Å²) in [6, 6.07) is -0.906. The summed E-state index contributed by atoms with van der Waals surface area (Å²) in [5.74, 6) is -0.205. The number of carbonyl (C=O) groups excluding carboxylic acids is 1. The standard InChI is InChI=1S/C70H127N2O6P/c1-6-8-10-12-14-16-18-20-22-24-26-27-28-29-30-31-32-33-34-35-36-37-38-39-40-41-42-43-44-45-46-48-50-52-54-56-58-60-62-64-70(74)71-68(67-78-79(75,76)77-66-65-72(3,4)5)69(73)63-61-59-57-55-53-51-49-47-25-23-21-19-17-15-13-11-9-7-2/h8,10,14,16,20,22,26-27,29-30,32-33,53,55,61,63,68-69,73H,6-7,9,11-13,15,17-19,21,23-25,28,31,34-52,54,56-60,62,64-67H2,1-5H3,(H-,71,74,75,76)/b10-8-,16-14-,22-20-,27-26-,30-29-,33-32-,55-53+,63-61+. The van der Waals surface area contributed by atoms with Crippen molar-refractivity contribution in [3.63, 3.8) is 0 Å². The summed E-state index contributed by atoms with van der Waals surface area (Å²) < 4.78 is 23.4. The Morgan fingerprint density at radius 2 is 0.785 bits per heavy atom. The Morgan fingerprint density at radius 1 is 0.456 bits per heavy atom. The first-order valence-electron chi connectivity index (χ1n) is 33.1. The second-order valence-corrected chi connectivity index (χ2v) is 24.8. The average molecular weight is 1120 g/mol. The minimum Gasteiger partial charge on any atom is -0.756 e. The van der Waals surface area contributed by atoms with Crippen LogP contribution >= 0.6 is 7.82 Å². The van der Waals surface area contributed by atoms with E-state index in [0.29, 0.717) is 17.4 Å². The van der Waals surface area contributed by atoms with Crippen LogP contribution in [0.25, 0.3) is 0 Å². The van der Waals surface area contributed by atoms with Crippen molar-refractivity contribution in [2.45, 2.75) is 302 Å². The van der Waals surface area contributed by atoms with Gasteiger partial charge in [-0.1, -0.05) is 297 Å². The predicted octanol–water partition coefficient (Wildman–Crippen LogP) is 20.3. The molecule has 0 bridgehead atoms. The van der Waals surface area contributed by atoms with Gasteiger partial charge in [0.2, 0.25) is 5.91 Å². The van der Waals surface area contributed by atoms with Crippen LogP contribution in [-0.2, 0) is 18.4 Å². The zero-order valence-electron chi connectivity index (χ0n) is 52.3. The molecule has 0 aliphatic heterocycles. The largest absolute Gasteiger partial charge is 0.756 e. The van der Waals surface area contributed by atoms with Gasteiger partial charge in [-0.15, -0.1) is 0 Å². The van der Waals surface area contributed by atoms with Gasteiger partial charge in [-0.2, -0.15) is 0 Å². The summed E-state index contributed by atoms with van der Waals surface area (Å²) in [5.41, 5.74) is 0. The third-order valence-corrected chi connectivity index (χ3v) is 15.5. The van der Waals surface area contributed by atoms with Crippen molar-refractivity contribution in [3.05, 3.63) is 97.2 Å². The van der Waals surface area contributed by atoms with Crippen LogP contribution in [0.2, 0.25) is 0 Å². The molecule has 0 rings (SSSR count). The highest BCUT2D eigenvalue weighted by Crippen LogP contribution is 2.38. The summed E-state index contributed by atoms with van der Waals surface area (Å²) >= 11 is 0. The van der Waals surface area contributed by atoms with Gasteiger partial charge in [0.15, 0.2) is 0 Å². The van der Waals surface area contributed by atoms with Crippen LogP contribution in [0.15, 0.2) is 97.2 Å². The summed E-state index contributed by atoms with van der Waals surface area (Å²) in [4.78, 5) is 25.6. The smallest absolute Gasteiger partial charge is 0.268 e. The molecule has 3 unspecified atom stereocenters. The van der Waals surface area contributed by atoms with Crippen molar-refractivity contribution < 1.29 is 32.9 Å². The fraction of sp³-hybridized carbons (Fsp3) is 0.757. The lowest BCUT2D eigenvalue weighted by Crippen LogP contribution is -2.45. The number of phosphoric acid groups is 1. The van der Waals surface area contributed by atoms with E-state index in [1.165, 1.54) is 193 Å². The van der Waals surface area contributed by atoms with Crippen molar-refractivity contribution in [2.24, 2.45) is 0 Å². The van der Waals surface area contributed by atoms with Crippen LogP contribution in [0.5, 0.6) is 0 Å². The molecule has 458 valence electrons. The summed E-state index contributed by atoms with van der Waals surface area (Å²) in [5, 5.41) is 13.9. The van der Waals surface area contributed by atoms with Gasteiger partial charge >= 0.3 is 0 Å². The molecule has 8 nitrogen and oxygen atoms in total. The van der Waals surface area contributed by atoms with Crippen LogP contribution in [0.3, 0.4) is 0 Å². The third kappa shape index (κ3) is 62.9. The minimum atomic E-state index is -4.61. The van der Waals surface area contributed by atoms with Crippen LogP contribution in [0, 0.1) is 0 Å². The van der Waals surface area contributed by atoms with E-state index in [1.807, 2.05) is 27.2 Å². The maximum atomic E-state index is 13.0. The number of rotatable bonds is 60. The molecule has 2 N–H and O–H groups in total. The van der Waals surface area contributed by atoms with E-state index in [-0.39, 0.29) is 12.5 Å². The van der Waals surface area contributed by atoms with Crippen LogP contribution in [0.1, 0.15) is 290 Å². The molecule has 0 aliphatic carbocycles. The highest BCUT2D eigenvalue weighted by molar-refractivity contribution is 7.45. The number of nitrogens with zero attached hydrogens (tertiary/aromatic N) is 1. The SMILES string of the molecule is CC/C=C\C/C=C\C/C=C\C/C=C\C/C=C\C/C=C\CCCCCCCCCCCCCCCCCCCCCCC(=O)NC(COP(=O)([O-])OCC[N+](C)(C)C)C(O)/C=C/CC/C=C/CCCCCCCCCCCCCC. The fourth-order valence-corrected chi connectivity index (χ4v) is 10.1. The van der Waals surface area contributed by atoms with Crippen molar-refractivity contribution in [3.8, 4) is 0 Å². The summed E-state index contributed by atoms with van der Waals surface area (Å²) in [6.07, 6.45) is 86.6. The van der Waals surface area contributed by atoms with Gasteiger partial charge in [0, 0.05) is 6.42 Å². The minimum absolute atomic E-state index is 0.00776. The Kier molecular flexibility index (Phi) is 58.1. The zero-order valence-corrected chi connectivity index (χ0v) is 53.2. The molecule has 0 aromatic heterocycles. The molecule has 0 radical (unpaired) electrons. The van der Waals surface area contributed by atoms with E-state index < -0.39 is 26.6 Å². The first-order valence-corrected chi connectivity index (χ1v) is 34.6. The second kappa shape index (κ2) is 60.0. The van der Waals surface area contributed by atoms with Gasteiger partial charge in [0.05, 0.1) is 39.9 Å². The maximum absolute atomic E-state index is 13.0. The van der Waals surface area contributed by atoms with Crippen molar-refractivity contribution in [1.29, 1.82) is 0 Å². The number of phosphoric ester groups is 1. The lowest BCUT2D eigenvalue weighted by Gasteiger charge is -2.29. The predicted molar refractivity (Wildman–Crippen MR) is 343 cm³/mol. The molecular weight excluding hydrogens is 996 g/mol. The van der Waals surface area contributed by atoms with Crippen LogP contribution < -0.4 is 10.2 Å². The molecule has 79 heavy (non-hydrogen) atoms. The Balaban J connectivity index is 4.01. The second-order valence-electron chi connectivity index (χ2n) is 23.4. The molecule has 0 spiro atoms. The lowest BCUT2D eigenvalue weighted by atomic mass is 10.0. The number of allylic oxidation sites excluding steroid dienone is 15. The molecule has 0 aromatic carbocycles. The third-order valence-electron chi connectivity index (χ3n) is 14.5. The number of aliphatic hydroxyl groups is 1. The molecule has 1 amide bonds. The lowest BCUT2D eigenvalue weighted by molar-refractivity contribution is -0.870. The van der Waals surface area contributed by atoms with E-state index in [9.17, 15) is 19.4 Å². The van der Waals surface area contributed by atoms with Gasteiger partial charge in [0.1, 0.15) is 13.2 Å². The van der Waals surface area contributed by atoms with E-state index in [4.69, 9.17) is 9.05 Å². The quantitative estimate of drug-likeness (QED) is 0.0272. The zero-order chi connectivity index (χ0) is 57.7. The first kappa shape index (κ1) is 76.4. The fourth-order valence-electron chi connectivity index (χ4n) is 9.41. The van der Waals surface area contributed by atoms with Crippen molar-refractivity contribution in [2.75, 3.05) is 40.9 Å². The van der Waals surface area contributed by atoms with Crippen LogP contribution in [-0.4, -0.2) is 68.5 Å². The van der Waals surface area contributed by atoms with Crippen molar-refractivity contribution in [1.82, 2.24) is 5.32 Å². The first-order chi connectivity index (χ1) is 38.5. The Labute approximate surface area is 489 Å². The molecule has 0 saturated heterocycles. The number of hydrogen-bond acceptors (Lipinski definition) is 6. The molecule has 0 saturated carbocycles. The number of carbonyl (C=O) groups is 1. The van der Waals surface area contributed by atoms with Crippen LogP contribution in [0.4, 0.5) is 0 Å². The number of amides is 1. The van der Waals surface area contributed by atoms with Gasteiger partial charge in [-0.3, -0.25) is 9.36 Å². The molecule has 3 atom stereocenters. The normalized spacial score (nSPS) is 14.4. The Bertz CT molecular complexity index is 1610. The number of aliphatic hydroxyl groups excluding tert-OH is 1. The molecule has 0 aromatic rings. The van der Waals surface area contributed by atoms with E-state index in [1.54, 1.807) is 6.08 Å². The molecular formula is C70H127N2O6P. The molecule has 9 heteroatoms. The highest BCUT2D eigenvalue weighted by Gasteiger charge is 2.23. The van der Waals surface area contributed by atoms with Crippen molar-refractivity contribution >= 4 is 13.7 Å². The van der Waals surface area contributed by atoms with Gasteiger partial charge in [0.25, 0.3) is 7.82 Å². The number of hydrogen-bond donors (Lipinski definition) is 2. The van der Waals surface area contributed by atoms with Gasteiger partial charge < -0.3 is 28.8 Å². The maximum Gasteiger partial charge on any atom is 0.268 e. The van der Waals surface area contributed by atoms with E-state index >= 15 is 0 Å². The average Bonchev–Trinajstić information content (AvgIpc) is 3.42. The summed E-state index contributed by atoms with van der Waals surface area (Å²) in [7, 11) is 1.25. The summed E-state index contributed by atoms with van der Waals surface area (Å²) in [6.45, 7) is 4.53. The Morgan fingerprint density at radius 3 is 1.18 bits per heavy atom. The Hall–Kier alpha value is -2.58. The van der Waals surface area contributed by atoms with E-state index in [0.717, 1.165) is 77.0 Å². The highest BCUT2D eigenvalue weighted by atomic mass is 31.2. The van der Waals surface area contributed by atoms with Gasteiger partial charge in [-0.25, -0.2) is 0 Å². The molecule has 0 aliphatic rings. The van der Waals surface area contributed by atoms with E-state index in [2.05, 4.69) is 104 Å². The molecule has 0 heterocycles. The number of unbranched alkanes of at least 4 members (excludes halogenated alkanes) is 33. The number of nitrogens with one attached hydrogen (secondary N) is 1. The molecule has 0 fully saturated rings. The number of likely N-dealkylation sites (N-methyl/N-ethyl adjacent to an activating group) is 1. The topological polar surface area (TPSA) is 108 Å².